The Labute approximate surface area is 177 Å². The second-order valence-corrected chi connectivity index (χ2v) is 8.58. The Balaban J connectivity index is 1.72. The van der Waals surface area contributed by atoms with Gasteiger partial charge in [0.2, 0.25) is 0 Å². The Morgan fingerprint density at radius 3 is 2.66 bits per heavy atom. The highest BCUT2D eigenvalue weighted by Crippen LogP contribution is 2.27. The number of benzene rings is 2. The van der Waals surface area contributed by atoms with E-state index in [4.69, 9.17) is 16.6 Å². The van der Waals surface area contributed by atoms with E-state index in [1.54, 1.807) is 0 Å². The minimum atomic E-state index is 0.0636. The third kappa shape index (κ3) is 4.10. The lowest BCUT2D eigenvalue weighted by Crippen LogP contribution is -2.38. The highest BCUT2D eigenvalue weighted by atomic mass is 35.5. The van der Waals surface area contributed by atoms with Crippen LogP contribution in [0.2, 0.25) is 5.02 Å². The summed E-state index contributed by atoms with van der Waals surface area (Å²) in [6.45, 7) is 10.2. The summed E-state index contributed by atoms with van der Waals surface area (Å²) in [4.78, 5) is 20.6. The van der Waals surface area contributed by atoms with Gasteiger partial charge in [-0.1, -0.05) is 30.7 Å². The van der Waals surface area contributed by atoms with Crippen LogP contribution in [0.3, 0.4) is 0 Å². The van der Waals surface area contributed by atoms with Crippen LogP contribution in [-0.4, -0.2) is 34.1 Å². The highest BCUT2D eigenvalue weighted by molar-refractivity contribution is 6.31. The maximum Gasteiger partial charge on any atom is 0.261 e. The average molecular weight is 410 g/mol. The molecule has 0 spiro atoms. The molecule has 29 heavy (non-hydrogen) atoms. The van der Waals surface area contributed by atoms with Gasteiger partial charge in [-0.05, 0) is 86.7 Å². The SMILES string of the molecule is CCN1CCC[C@H](Cn2c(C)nc3ccc(-c4ccc(Cl)c(C)c4)cc3c2=O)C1. The Kier molecular flexibility index (Phi) is 5.75. The molecule has 1 aliphatic rings. The van der Waals surface area contributed by atoms with Crippen LogP contribution >= 0.6 is 11.6 Å². The third-order valence-corrected chi connectivity index (χ3v) is 6.55. The maximum absolute atomic E-state index is 13.4. The summed E-state index contributed by atoms with van der Waals surface area (Å²) in [5.74, 6) is 1.30. The van der Waals surface area contributed by atoms with E-state index >= 15 is 0 Å². The summed E-state index contributed by atoms with van der Waals surface area (Å²) in [5, 5.41) is 1.44. The molecule has 1 fully saturated rings. The van der Waals surface area contributed by atoms with Crippen molar-refractivity contribution in [1.82, 2.24) is 14.5 Å². The molecule has 2 aromatic carbocycles. The summed E-state index contributed by atoms with van der Waals surface area (Å²) in [7, 11) is 0. The predicted octanol–water partition coefficient (Wildman–Crippen LogP) is 5.07. The first-order valence-corrected chi connectivity index (χ1v) is 10.8. The van der Waals surface area contributed by atoms with Gasteiger partial charge in [-0.2, -0.15) is 0 Å². The Bertz CT molecular complexity index is 1110. The quantitative estimate of drug-likeness (QED) is 0.604. The Morgan fingerprint density at radius 2 is 1.90 bits per heavy atom. The van der Waals surface area contributed by atoms with E-state index in [1.165, 1.54) is 19.4 Å². The van der Waals surface area contributed by atoms with Gasteiger partial charge in [0.1, 0.15) is 5.82 Å². The molecular weight excluding hydrogens is 382 g/mol. The number of aryl methyl sites for hydroxylation is 2. The molecule has 152 valence electrons. The third-order valence-electron chi connectivity index (χ3n) is 6.13. The van der Waals surface area contributed by atoms with Gasteiger partial charge in [-0.3, -0.25) is 9.36 Å². The van der Waals surface area contributed by atoms with E-state index in [0.29, 0.717) is 11.3 Å². The molecule has 2 heterocycles. The van der Waals surface area contributed by atoms with Crippen molar-refractivity contribution in [2.45, 2.75) is 40.2 Å². The Morgan fingerprint density at radius 1 is 1.14 bits per heavy atom. The van der Waals surface area contributed by atoms with Gasteiger partial charge in [0.25, 0.3) is 5.56 Å². The first-order valence-electron chi connectivity index (χ1n) is 10.5. The number of fused-ring (bicyclic) bond motifs is 1. The van der Waals surface area contributed by atoms with Gasteiger partial charge < -0.3 is 4.90 Å². The number of halogens is 1. The zero-order valence-corrected chi connectivity index (χ0v) is 18.2. The van der Waals surface area contributed by atoms with E-state index in [1.807, 2.05) is 48.7 Å². The number of hydrogen-bond acceptors (Lipinski definition) is 3. The van der Waals surface area contributed by atoms with E-state index in [9.17, 15) is 4.79 Å². The molecular formula is C24H28ClN3O. The molecule has 0 aliphatic carbocycles. The van der Waals surface area contributed by atoms with Gasteiger partial charge in [0, 0.05) is 18.1 Å². The number of rotatable bonds is 4. The normalized spacial score (nSPS) is 17.7. The fourth-order valence-electron chi connectivity index (χ4n) is 4.40. The predicted molar refractivity (Wildman–Crippen MR) is 121 cm³/mol. The number of piperidine rings is 1. The monoisotopic (exact) mass is 409 g/mol. The largest absolute Gasteiger partial charge is 0.303 e. The van der Waals surface area contributed by atoms with Gasteiger partial charge in [-0.15, -0.1) is 0 Å². The van der Waals surface area contributed by atoms with Crippen molar-refractivity contribution >= 4 is 22.5 Å². The molecule has 1 aromatic heterocycles. The summed E-state index contributed by atoms with van der Waals surface area (Å²) < 4.78 is 1.88. The zero-order chi connectivity index (χ0) is 20.5. The lowest BCUT2D eigenvalue weighted by atomic mass is 9.97. The van der Waals surface area contributed by atoms with E-state index in [2.05, 4.69) is 17.9 Å². The minimum Gasteiger partial charge on any atom is -0.303 e. The van der Waals surface area contributed by atoms with Crippen molar-refractivity contribution in [2.75, 3.05) is 19.6 Å². The standard InChI is InChI=1S/C24H28ClN3O/c1-4-27-11-5-6-18(14-27)15-28-17(3)26-23-10-8-20(13-21(23)24(28)29)19-7-9-22(25)16(2)12-19/h7-10,12-13,18H,4-6,11,14-15H2,1-3H3/t18-/m0/s1. The minimum absolute atomic E-state index is 0.0636. The second-order valence-electron chi connectivity index (χ2n) is 8.17. The Hall–Kier alpha value is -2.17. The molecule has 4 nitrogen and oxygen atoms in total. The topological polar surface area (TPSA) is 38.1 Å². The van der Waals surface area contributed by atoms with E-state index < -0.39 is 0 Å². The molecule has 3 aromatic rings. The average Bonchev–Trinajstić information content (AvgIpc) is 2.73. The van der Waals surface area contributed by atoms with Crippen LogP contribution in [0, 0.1) is 19.8 Å². The van der Waals surface area contributed by atoms with Crippen LogP contribution in [-0.2, 0) is 6.54 Å². The molecule has 1 saturated heterocycles. The lowest BCUT2D eigenvalue weighted by molar-refractivity contribution is 0.168. The molecule has 1 atom stereocenters. The number of aromatic nitrogens is 2. The van der Waals surface area contributed by atoms with Crippen molar-refractivity contribution in [3.05, 3.63) is 63.2 Å². The number of likely N-dealkylation sites (tertiary alicyclic amines) is 1. The van der Waals surface area contributed by atoms with Crippen LogP contribution in [0.25, 0.3) is 22.0 Å². The van der Waals surface area contributed by atoms with Crippen LogP contribution in [0.5, 0.6) is 0 Å². The van der Waals surface area contributed by atoms with Crippen molar-refractivity contribution in [1.29, 1.82) is 0 Å². The molecule has 4 rings (SSSR count). The van der Waals surface area contributed by atoms with Crippen LogP contribution in [0.4, 0.5) is 0 Å². The van der Waals surface area contributed by atoms with Gasteiger partial charge >= 0.3 is 0 Å². The molecule has 0 radical (unpaired) electrons. The van der Waals surface area contributed by atoms with Crippen LogP contribution in [0.1, 0.15) is 31.2 Å². The van der Waals surface area contributed by atoms with Gasteiger partial charge in [0.15, 0.2) is 0 Å². The maximum atomic E-state index is 13.4. The number of hydrogen-bond donors (Lipinski definition) is 0. The summed E-state index contributed by atoms with van der Waals surface area (Å²) in [6, 6.07) is 11.9. The first-order chi connectivity index (χ1) is 14.0. The number of nitrogens with zero attached hydrogens (tertiary/aromatic N) is 3. The van der Waals surface area contributed by atoms with Crippen molar-refractivity contribution < 1.29 is 0 Å². The lowest BCUT2D eigenvalue weighted by Gasteiger charge is -2.32. The van der Waals surface area contributed by atoms with Crippen molar-refractivity contribution in [3.63, 3.8) is 0 Å². The molecule has 0 saturated carbocycles. The zero-order valence-electron chi connectivity index (χ0n) is 17.4. The molecule has 0 unspecified atom stereocenters. The van der Waals surface area contributed by atoms with Gasteiger partial charge in [-0.25, -0.2) is 4.98 Å². The molecule has 5 heteroatoms. The van der Waals surface area contributed by atoms with E-state index in [0.717, 1.165) is 52.7 Å². The van der Waals surface area contributed by atoms with Crippen molar-refractivity contribution in [3.8, 4) is 11.1 Å². The summed E-state index contributed by atoms with van der Waals surface area (Å²) in [6.07, 6.45) is 2.37. The molecule has 1 aliphatic heterocycles. The highest BCUT2D eigenvalue weighted by Gasteiger charge is 2.21. The first kappa shape index (κ1) is 20.1. The van der Waals surface area contributed by atoms with Crippen molar-refractivity contribution in [2.24, 2.45) is 5.92 Å². The smallest absolute Gasteiger partial charge is 0.261 e. The van der Waals surface area contributed by atoms with Crippen LogP contribution in [0.15, 0.2) is 41.2 Å². The molecule has 0 N–H and O–H groups in total. The van der Waals surface area contributed by atoms with E-state index in [-0.39, 0.29) is 5.56 Å². The molecule has 0 bridgehead atoms. The fraction of sp³-hybridized carbons (Fsp3) is 0.417. The van der Waals surface area contributed by atoms with Crippen LogP contribution < -0.4 is 5.56 Å². The second kappa shape index (κ2) is 8.29. The summed E-state index contributed by atoms with van der Waals surface area (Å²) >= 11 is 6.17. The molecule has 0 amide bonds. The summed E-state index contributed by atoms with van der Waals surface area (Å²) in [5.41, 5.74) is 3.93. The fourth-order valence-corrected chi connectivity index (χ4v) is 4.51. The van der Waals surface area contributed by atoms with Gasteiger partial charge in [0.05, 0.1) is 10.9 Å².